The Labute approximate surface area is 181 Å². The van der Waals surface area contributed by atoms with Crippen LogP contribution in [0.15, 0.2) is 0 Å². The number of carboxylic acid groups (broad SMARTS) is 1. The molecule has 0 saturated heterocycles. The fourth-order valence-corrected chi connectivity index (χ4v) is 9.03. The summed E-state index contributed by atoms with van der Waals surface area (Å²) in [5.41, 5.74) is -1.07. The van der Waals surface area contributed by atoms with Crippen molar-refractivity contribution in [1.82, 2.24) is 0 Å². The third-order valence-corrected chi connectivity index (χ3v) is 10.9. The maximum atomic E-state index is 11.9. The first-order valence-corrected chi connectivity index (χ1v) is 12.2. The molecule has 0 aromatic carbocycles. The van der Waals surface area contributed by atoms with E-state index in [4.69, 9.17) is 5.11 Å². The molecule has 0 heterocycles. The van der Waals surface area contributed by atoms with Gasteiger partial charge in [0.1, 0.15) is 0 Å². The summed E-state index contributed by atoms with van der Waals surface area (Å²) in [6, 6.07) is 0. The van der Waals surface area contributed by atoms with Gasteiger partial charge in [-0.3, -0.25) is 4.79 Å². The predicted molar refractivity (Wildman–Crippen MR) is 115 cm³/mol. The van der Waals surface area contributed by atoms with Gasteiger partial charge in [-0.15, -0.1) is 0 Å². The van der Waals surface area contributed by atoms with Crippen LogP contribution in [-0.4, -0.2) is 44.2 Å². The van der Waals surface area contributed by atoms with Gasteiger partial charge in [0.25, 0.3) is 0 Å². The first kappa shape index (κ1) is 22.5. The van der Waals surface area contributed by atoms with Crippen LogP contribution in [0.2, 0.25) is 0 Å². The molecule has 30 heavy (non-hydrogen) atoms. The van der Waals surface area contributed by atoms with E-state index in [2.05, 4.69) is 20.8 Å². The zero-order chi connectivity index (χ0) is 22.1. The molecule has 5 nitrogen and oxygen atoms in total. The second-order valence-electron chi connectivity index (χ2n) is 12.1. The van der Waals surface area contributed by atoms with Crippen LogP contribution in [0.4, 0.5) is 0 Å². The lowest BCUT2D eigenvalue weighted by Crippen LogP contribution is -2.66. The van der Waals surface area contributed by atoms with Crippen molar-refractivity contribution < 1.29 is 25.2 Å². The minimum Gasteiger partial charge on any atom is -0.481 e. The Balaban J connectivity index is 1.66. The molecule has 5 heteroatoms. The van der Waals surface area contributed by atoms with Crippen molar-refractivity contribution in [1.29, 1.82) is 0 Å². The largest absolute Gasteiger partial charge is 0.481 e. The van der Waals surface area contributed by atoms with Crippen molar-refractivity contribution >= 4 is 5.97 Å². The Bertz CT molecular complexity index is 676. The van der Waals surface area contributed by atoms with Crippen molar-refractivity contribution in [2.45, 2.75) is 103 Å². The highest BCUT2D eigenvalue weighted by Gasteiger charge is 2.69. The SMILES string of the molecule is C[C@H](CCC(=O)O)[C@H]1CC[C@H]2[C@@H]3[C@H](O)C[C@@H]4C[C@H](O)CC[C@]4(C)[C@H]3C[C@](C)(O)[C@]12C. The van der Waals surface area contributed by atoms with E-state index in [0.29, 0.717) is 18.8 Å². The number of fused-ring (bicyclic) bond motifs is 5. The second-order valence-corrected chi connectivity index (χ2v) is 12.1. The van der Waals surface area contributed by atoms with Gasteiger partial charge in [0, 0.05) is 11.8 Å². The molecule has 4 aliphatic carbocycles. The minimum atomic E-state index is -0.835. The number of carboxylic acids is 1. The van der Waals surface area contributed by atoms with Crippen molar-refractivity contribution in [2.24, 2.45) is 46.3 Å². The van der Waals surface area contributed by atoms with Crippen LogP contribution in [-0.2, 0) is 4.79 Å². The van der Waals surface area contributed by atoms with Crippen molar-refractivity contribution in [2.75, 3.05) is 0 Å². The topological polar surface area (TPSA) is 98.0 Å². The molecule has 11 atom stereocenters. The van der Waals surface area contributed by atoms with Gasteiger partial charge in [0.05, 0.1) is 17.8 Å². The molecule has 0 aliphatic heterocycles. The molecule has 0 spiro atoms. The number of rotatable bonds is 4. The van der Waals surface area contributed by atoms with E-state index in [9.17, 15) is 20.1 Å². The molecule has 0 aromatic rings. The van der Waals surface area contributed by atoms with E-state index in [1.54, 1.807) is 0 Å². The van der Waals surface area contributed by atoms with Crippen LogP contribution >= 0.6 is 0 Å². The summed E-state index contributed by atoms with van der Waals surface area (Å²) < 4.78 is 0. The van der Waals surface area contributed by atoms with E-state index in [1.807, 2.05) is 6.92 Å². The standard InChI is InChI=1S/C25H42O5/c1-14(5-8-21(28)29)17-6-7-18-22-19(13-24(3,30)25(17,18)4)23(2)10-9-16(26)11-15(23)12-20(22)27/h14-20,22,26-27,30H,5-13H2,1-4H3,(H,28,29)/t14-,15+,16-,17-,18+,19+,20-,22+,23+,24+,25-/m1/s1. The number of hydrogen-bond acceptors (Lipinski definition) is 4. The van der Waals surface area contributed by atoms with Gasteiger partial charge < -0.3 is 20.4 Å². The average molecular weight is 423 g/mol. The number of hydrogen-bond donors (Lipinski definition) is 4. The molecule has 0 unspecified atom stereocenters. The monoisotopic (exact) mass is 422 g/mol. The van der Waals surface area contributed by atoms with Gasteiger partial charge >= 0.3 is 5.97 Å². The smallest absolute Gasteiger partial charge is 0.303 e. The summed E-state index contributed by atoms with van der Waals surface area (Å²) in [5, 5.41) is 42.7. The highest BCUT2D eigenvalue weighted by molar-refractivity contribution is 5.66. The van der Waals surface area contributed by atoms with Gasteiger partial charge in [-0.2, -0.15) is 0 Å². The average Bonchev–Trinajstić information content (AvgIpc) is 3.01. The number of aliphatic hydroxyl groups excluding tert-OH is 2. The van der Waals surface area contributed by atoms with Crippen molar-refractivity contribution in [3.8, 4) is 0 Å². The summed E-state index contributed by atoms with van der Waals surface area (Å²) in [4.78, 5) is 11.1. The summed E-state index contributed by atoms with van der Waals surface area (Å²) in [5.74, 6) is 0.839. The number of aliphatic hydroxyl groups is 3. The summed E-state index contributed by atoms with van der Waals surface area (Å²) in [6.45, 7) is 8.75. The van der Waals surface area contributed by atoms with Crippen molar-refractivity contribution in [3.63, 3.8) is 0 Å². The predicted octanol–water partition coefficient (Wildman–Crippen LogP) is 3.84. The molecule has 4 saturated carbocycles. The maximum absolute atomic E-state index is 11.9. The fourth-order valence-electron chi connectivity index (χ4n) is 9.03. The molecule has 4 fully saturated rings. The summed E-state index contributed by atoms with van der Waals surface area (Å²) in [7, 11) is 0. The molecule has 172 valence electrons. The van der Waals surface area contributed by atoms with Gasteiger partial charge in [-0.1, -0.05) is 20.8 Å². The fraction of sp³-hybridized carbons (Fsp3) is 0.960. The lowest BCUT2D eigenvalue weighted by Gasteiger charge is -2.66. The van der Waals surface area contributed by atoms with E-state index in [1.165, 1.54) is 0 Å². The zero-order valence-electron chi connectivity index (χ0n) is 19.2. The molecule has 4 N–H and O–H groups in total. The Kier molecular flexibility index (Phi) is 5.60. The minimum absolute atomic E-state index is 0.0709. The van der Waals surface area contributed by atoms with Gasteiger partial charge in [-0.05, 0) is 99.2 Å². The van der Waals surface area contributed by atoms with E-state index < -0.39 is 11.6 Å². The summed E-state index contributed by atoms with van der Waals surface area (Å²) >= 11 is 0. The highest BCUT2D eigenvalue weighted by atomic mass is 16.4. The highest BCUT2D eigenvalue weighted by Crippen LogP contribution is 2.70. The second kappa shape index (κ2) is 7.45. The quantitative estimate of drug-likeness (QED) is 0.552. The van der Waals surface area contributed by atoms with Crippen LogP contribution in [0, 0.1) is 46.3 Å². The Hall–Kier alpha value is -0.650. The normalized spacial score (nSPS) is 54.0. The Morgan fingerprint density at radius 2 is 1.77 bits per heavy atom. The van der Waals surface area contributed by atoms with Crippen molar-refractivity contribution in [3.05, 3.63) is 0 Å². The van der Waals surface area contributed by atoms with Crippen LogP contribution in [0.1, 0.15) is 85.5 Å². The Morgan fingerprint density at radius 1 is 1.07 bits per heavy atom. The molecule has 0 radical (unpaired) electrons. The number of aliphatic carboxylic acids is 1. The first-order chi connectivity index (χ1) is 13.9. The maximum Gasteiger partial charge on any atom is 0.303 e. The van der Waals surface area contributed by atoms with E-state index in [0.717, 1.165) is 38.5 Å². The third-order valence-electron chi connectivity index (χ3n) is 10.9. The lowest BCUT2D eigenvalue weighted by atomic mass is 9.40. The molecular formula is C25H42O5. The number of carbonyl (C=O) groups is 1. The van der Waals surface area contributed by atoms with Gasteiger partial charge in [-0.25, -0.2) is 0 Å². The van der Waals surface area contributed by atoms with Gasteiger partial charge in [0.15, 0.2) is 0 Å². The molecule has 4 rings (SSSR count). The summed E-state index contributed by atoms with van der Waals surface area (Å²) in [6.07, 6.45) is 6.26. The molecular weight excluding hydrogens is 380 g/mol. The van der Waals surface area contributed by atoms with E-state index >= 15 is 0 Å². The molecule has 0 aromatic heterocycles. The Morgan fingerprint density at radius 3 is 2.43 bits per heavy atom. The molecule has 4 aliphatic rings. The van der Waals surface area contributed by atoms with Crippen LogP contribution < -0.4 is 0 Å². The van der Waals surface area contributed by atoms with Crippen LogP contribution in [0.3, 0.4) is 0 Å². The molecule has 0 amide bonds. The zero-order valence-corrected chi connectivity index (χ0v) is 19.2. The van der Waals surface area contributed by atoms with E-state index in [-0.39, 0.29) is 59.0 Å². The first-order valence-electron chi connectivity index (χ1n) is 12.2. The van der Waals surface area contributed by atoms with Crippen LogP contribution in [0.25, 0.3) is 0 Å². The third kappa shape index (κ3) is 3.17. The molecule has 0 bridgehead atoms. The van der Waals surface area contributed by atoms with Crippen LogP contribution in [0.5, 0.6) is 0 Å². The lowest BCUT2D eigenvalue weighted by molar-refractivity contribution is -0.240. The van der Waals surface area contributed by atoms with Gasteiger partial charge in [0.2, 0.25) is 0 Å².